The van der Waals surface area contributed by atoms with E-state index in [9.17, 15) is 23.5 Å². The molecule has 2 N–H and O–H groups in total. The molecule has 12 heteroatoms. The summed E-state index contributed by atoms with van der Waals surface area (Å²) in [5, 5.41) is 13.0. The third-order valence-electron chi connectivity index (χ3n) is 7.59. The Morgan fingerprint density at radius 1 is 1.14 bits per heavy atom. The average Bonchev–Trinajstić information content (AvgIpc) is 2.83. The Balaban J connectivity index is 1.48. The van der Waals surface area contributed by atoms with Crippen molar-refractivity contribution in [2.75, 3.05) is 23.3 Å². The fourth-order valence-corrected chi connectivity index (χ4v) is 5.37. The molecule has 1 saturated carbocycles. The van der Waals surface area contributed by atoms with Crippen LogP contribution in [0.15, 0.2) is 34.0 Å². The van der Waals surface area contributed by atoms with Gasteiger partial charge in [-0.05, 0) is 37.0 Å². The topological polar surface area (TPSA) is 105 Å². The molecule has 2 fully saturated rings. The second kappa shape index (κ2) is 9.36. The van der Waals surface area contributed by atoms with E-state index in [2.05, 4.69) is 15.3 Å². The van der Waals surface area contributed by atoms with Gasteiger partial charge in [0.15, 0.2) is 5.82 Å². The van der Waals surface area contributed by atoms with Crippen molar-refractivity contribution in [2.24, 2.45) is 24.8 Å². The van der Waals surface area contributed by atoms with Gasteiger partial charge in [0.25, 0.3) is 5.92 Å². The molecular formula is C25H29ClF2N6O3. The van der Waals surface area contributed by atoms with E-state index in [0.29, 0.717) is 47.9 Å². The van der Waals surface area contributed by atoms with Crippen LogP contribution in [0, 0.1) is 17.8 Å². The minimum atomic E-state index is -2.76. The molecule has 0 bridgehead atoms. The minimum absolute atomic E-state index is 0.111. The summed E-state index contributed by atoms with van der Waals surface area (Å²) in [5.74, 6) is -3.77. The summed E-state index contributed by atoms with van der Waals surface area (Å²) in [7, 11) is 1.55. The largest absolute Gasteiger partial charge is 0.393 e. The second-order valence-corrected chi connectivity index (χ2v) is 10.8. The summed E-state index contributed by atoms with van der Waals surface area (Å²) in [6, 6.07) is 5.22. The number of aliphatic hydroxyl groups is 1. The fourth-order valence-electron chi connectivity index (χ4n) is 5.23. The minimum Gasteiger partial charge on any atom is -0.393 e. The maximum absolute atomic E-state index is 14.3. The average molecular weight is 535 g/mol. The molecule has 2 aliphatic rings. The third-order valence-corrected chi connectivity index (χ3v) is 7.87. The second-order valence-electron chi connectivity index (χ2n) is 10.3. The molecule has 0 radical (unpaired) electrons. The highest BCUT2D eigenvalue weighted by molar-refractivity contribution is 6.32. The summed E-state index contributed by atoms with van der Waals surface area (Å²) in [5.41, 5.74) is 0.478. The summed E-state index contributed by atoms with van der Waals surface area (Å²) < 4.78 is 31.4. The van der Waals surface area contributed by atoms with Crippen molar-refractivity contribution < 1.29 is 13.9 Å². The highest BCUT2D eigenvalue weighted by Gasteiger charge is 2.47. The Morgan fingerprint density at radius 3 is 2.46 bits per heavy atom. The molecule has 0 amide bonds. The highest BCUT2D eigenvalue weighted by Crippen LogP contribution is 2.39. The molecule has 1 aromatic carbocycles. The van der Waals surface area contributed by atoms with Crippen LogP contribution in [0.25, 0.3) is 11.0 Å². The zero-order valence-electron chi connectivity index (χ0n) is 20.8. The molecule has 3 heterocycles. The Bertz CT molecular complexity index is 1460. The standard InChI is InChI=1S/C25H29ClF2N6O3/c1-13-10-33(11-14(2)25(13,27)28)24-29-9-18(26)21(31-24)30-16-4-5-19-20(8-16)34(12-15-6-17(35)7-15)23(37)22(36)32(19)3/h4-5,8-9,13-15,17,35H,6-7,10-12H2,1-3H3,(H,29,30,31)/t13-,14+,15?,17?. The number of nitrogens with zero attached hydrogens (tertiary/aromatic N) is 5. The van der Waals surface area contributed by atoms with Crippen molar-refractivity contribution in [3.63, 3.8) is 0 Å². The number of nitrogens with one attached hydrogen (secondary N) is 1. The highest BCUT2D eigenvalue weighted by atomic mass is 35.5. The third kappa shape index (κ3) is 4.59. The zero-order valence-corrected chi connectivity index (χ0v) is 21.5. The number of hydrogen-bond acceptors (Lipinski definition) is 7. The number of hydrogen-bond donors (Lipinski definition) is 2. The predicted molar refractivity (Wildman–Crippen MR) is 138 cm³/mol. The van der Waals surface area contributed by atoms with Crippen molar-refractivity contribution in [1.29, 1.82) is 0 Å². The number of piperidine rings is 1. The van der Waals surface area contributed by atoms with E-state index in [1.165, 1.54) is 29.2 Å². The van der Waals surface area contributed by atoms with Crippen LogP contribution >= 0.6 is 11.6 Å². The van der Waals surface area contributed by atoms with Gasteiger partial charge in [-0.15, -0.1) is 0 Å². The molecule has 0 unspecified atom stereocenters. The van der Waals surface area contributed by atoms with E-state index < -0.39 is 28.9 Å². The molecule has 37 heavy (non-hydrogen) atoms. The van der Waals surface area contributed by atoms with Gasteiger partial charge in [-0.2, -0.15) is 4.98 Å². The van der Waals surface area contributed by atoms with E-state index in [-0.39, 0.29) is 30.1 Å². The van der Waals surface area contributed by atoms with Gasteiger partial charge in [0.05, 0.1) is 23.3 Å². The molecule has 0 spiro atoms. The Hall–Kier alpha value is -3.05. The molecule has 2 aromatic heterocycles. The molecule has 9 nitrogen and oxygen atoms in total. The lowest BCUT2D eigenvalue weighted by molar-refractivity contribution is -0.105. The van der Waals surface area contributed by atoms with Crippen LogP contribution in [0.2, 0.25) is 5.02 Å². The molecule has 1 aliphatic carbocycles. The van der Waals surface area contributed by atoms with Crippen molar-refractivity contribution in [3.05, 3.63) is 50.1 Å². The van der Waals surface area contributed by atoms with Gasteiger partial charge < -0.3 is 24.5 Å². The number of aromatic nitrogens is 4. The number of rotatable bonds is 5. The van der Waals surface area contributed by atoms with Crippen LogP contribution in [0.4, 0.5) is 26.2 Å². The number of aliphatic hydroxyl groups excluding tert-OH is 1. The first-order valence-electron chi connectivity index (χ1n) is 12.3. The smallest absolute Gasteiger partial charge is 0.316 e. The van der Waals surface area contributed by atoms with Crippen molar-refractivity contribution in [3.8, 4) is 0 Å². The number of anilines is 3. The summed E-state index contributed by atoms with van der Waals surface area (Å²) in [6.45, 7) is 3.60. The molecule has 1 saturated heterocycles. The first-order valence-corrected chi connectivity index (χ1v) is 12.7. The van der Waals surface area contributed by atoms with E-state index >= 15 is 0 Å². The summed E-state index contributed by atoms with van der Waals surface area (Å²) >= 11 is 6.37. The number of aryl methyl sites for hydroxylation is 1. The van der Waals surface area contributed by atoms with Crippen LogP contribution < -0.4 is 21.3 Å². The van der Waals surface area contributed by atoms with Gasteiger partial charge in [-0.3, -0.25) is 9.59 Å². The molecular weight excluding hydrogens is 506 g/mol. The molecule has 3 aromatic rings. The van der Waals surface area contributed by atoms with Crippen molar-refractivity contribution in [1.82, 2.24) is 19.1 Å². The maximum atomic E-state index is 14.3. The molecule has 1 aliphatic heterocycles. The van der Waals surface area contributed by atoms with Gasteiger partial charge in [0.2, 0.25) is 5.95 Å². The maximum Gasteiger partial charge on any atom is 0.316 e. The number of benzene rings is 1. The monoisotopic (exact) mass is 534 g/mol. The van der Waals surface area contributed by atoms with Crippen LogP contribution in [-0.2, 0) is 13.6 Å². The number of fused-ring (bicyclic) bond motifs is 1. The quantitative estimate of drug-likeness (QED) is 0.483. The van der Waals surface area contributed by atoms with Crippen LogP contribution in [0.1, 0.15) is 26.7 Å². The molecule has 5 rings (SSSR count). The van der Waals surface area contributed by atoms with Gasteiger partial charge in [0.1, 0.15) is 5.02 Å². The Kier molecular flexibility index (Phi) is 6.47. The number of alkyl halides is 2. The van der Waals surface area contributed by atoms with Crippen molar-refractivity contribution >= 4 is 40.1 Å². The lowest BCUT2D eigenvalue weighted by Gasteiger charge is -2.41. The van der Waals surface area contributed by atoms with Crippen LogP contribution in [0.3, 0.4) is 0 Å². The first-order chi connectivity index (χ1) is 17.5. The zero-order chi connectivity index (χ0) is 26.6. The van der Waals surface area contributed by atoms with Gasteiger partial charge in [-0.1, -0.05) is 25.4 Å². The van der Waals surface area contributed by atoms with E-state index in [1.807, 2.05) is 0 Å². The van der Waals surface area contributed by atoms with Gasteiger partial charge in [0, 0.05) is 44.2 Å². The van der Waals surface area contributed by atoms with Crippen LogP contribution in [0.5, 0.6) is 0 Å². The Labute approximate surface area is 216 Å². The normalized spacial score (nSPS) is 25.2. The van der Waals surface area contributed by atoms with E-state index in [0.717, 1.165) is 0 Å². The Morgan fingerprint density at radius 2 is 1.81 bits per heavy atom. The summed E-state index contributed by atoms with van der Waals surface area (Å²) in [4.78, 5) is 35.9. The molecule has 2 atom stereocenters. The van der Waals surface area contributed by atoms with E-state index in [4.69, 9.17) is 11.6 Å². The predicted octanol–water partition coefficient (Wildman–Crippen LogP) is 3.39. The SMILES string of the molecule is C[C@@H]1CN(c2ncc(Cl)c(Nc3ccc4c(c3)n(CC3CC(O)C3)c(=O)c(=O)n4C)n2)C[C@H](C)C1(F)F. The first kappa shape index (κ1) is 25.6. The summed E-state index contributed by atoms with van der Waals surface area (Å²) in [6.07, 6.45) is 2.22. The van der Waals surface area contributed by atoms with E-state index in [1.54, 1.807) is 30.1 Å². The molecule has 198 valence electrons. The van der Waals surface area contributed by atoms with Crippen molar-refractivity contribution in [2.45, 2.75) is 45.3 Å². The van der Waals surface area contributed by atoms with Gasteiger partial charge >= 0.3 is 11.1 Å². The number of halogens is 3. The van der Waals surface area contributed by atoms with Crippen LogP contribution in [-0.4, -0.2) is 49.3 Å². The lowest BCUT2D eigenvalue weighted by Crippen LogP contribution is -2.52. The fraction of sp³-hybridized carbons (Fsp3) is 0.520. The van der Waals surface area contributed by atoms with Gasteiger partial charge in [-0.25, -0.2) is 13.8 Å². The lowest BCUT2D eigenvalue weighted by atomic mass is 9.82.